The molecule has 1 aromatic carbocycles. The molecule has 0 saturated carbocycles. The van der Waals surface area contributed by atoms with Gasteiger partial charge in [-0.15, -0.1) is 0 Å². The highest BCUT2D eigenvalue weighted by Crippen LogP contribution is 2.47. The van der Waals surface area contributed by atoms with Crippen molar-refractivity contribution in [3.63, 3.8) is 0 Å². The summed E-state index contributed by atoms with van der Waals surface area (Å²) in [5.41, 5.74) is 6.55. The van der Waals surface area contributed by atoms with Crippen molar-refractivity contribution in [2.75, 3.05) is 19.8 Å². The number of phosphoric ester groups is 1. The van der Waals surface area contributed by atoms with Gasteiger partial charge in [0.1, 0.15) is 5.75 Å². The summed E-state index contributed by atoms with van der Waals surface area (Å²) in [6, 6.07) is 7.94. The van der Waals surface area contributed by atoms with Gasteiger partial charge in [0, 0.05) is 0 Å². The second kappa shape index (κ2) is 11.7. The van der Waals surface area contributed by atoms with Gasteiger partial charge in [-0.2, -0.15) is 13.2 Å². The minimum Gasteiger partial charge on any atom is -0.494 e. The van der Waals surface area contributed by atoms with E-state index in [0.29, 0.717) is 6.42 Å². The normalized spacial score (nSPS) is 23.9. The van der Waals surface area contributed by atoms with Crippen LogP contribution in [0.3, 0.4) is 0 Å². The van der Waals surface area contributed by atoms with Gasteiger partial charge < -0.3 is 20.5 Å². The molecule has 0 spiro atoms. The van der Waals surface area contributed by atoms with E-state index in [0.717, 1.165) is 30.8 Å². The predicted molar refractivity (Wildman–Crippen MR) is 102 cm³/mol. The molecule has 1 saturated heterocycles. The average Bonchev–Trinajstić information content (AvgIpc) is 2.67. The number of benzene rings is 1. The Morgan fingerprint density at radius 1 is 1.23 bits per heavy atom. The number of halogens is 3. The van der Waals surface area contributed by atoms with Gasteiger partial charge in [0.05, 0.1) is 25.4 Å². The molecule has 0 aromatic heterocycles. The number of nitrogens with two attached hydrogens (primary N) is 1. The number of phosphoric acid groups is 1. The molecule has 172 valence electrons. The van der Waals surface area contributed by atoms with E-state index >= 15 is 0 Å². The number of carboxylic acids is 1. The Balaban J connectivity index is 0.000000553. The van der Waals surface area contributed by atoms with Gasteiger partial charge in [0.2, 0.25) is 0 Å². The number of unbranched alkanes of at least 4 members (excludes halogenated alkanes) is 2. The molecule has 0 amide bonds. The number of hydrogen-bond acceptors (Lipinski definition) is 6. The topological polar surface area (TPSA) is 128 Å². The van der Waals surface area contributed by atoms with Crippen LogP contribution in [0.1, 0.15) is 38.2 Å². The van der Waals surface area contributed by atoms with Crippen LogP contribution in [0.15, 0.2) is 24.3 Å². The first-order chi connectivity index (χ1) is 13.9. The second-order valence-electron chi connectivity index (χ2n) is 6.88. The van der Waals surface area contributed by atoms with Crippen molar-refractivity contribution in [3.8, 4) is 5.75 Å². The maximum atomic E-state index is 11.2. The monoisotopic (exact) mass is 457 g/mol. The van der Waals surface area contributed by atoms with Crippen LogP contribution >= 0.6 is 7.82 Å². The first-order valence-corrected chi connectivity index (χ1v) is 10.8. The number of carboxylic acid groups (broad SMARTS) is 1. The molecule has 1 aliphatic rings. The summed E-state index contributed by atoms with van der Waals surface area (Å²) >= 11 is 0. The fourth-order valence-electron chi connectivity index (χ4n) is 2.33. The molecule has 0 atom stereocenters. The number of carbonyl (C=O) groups is 1. The number of ether oxygens (including phenoxy) is 1. The lowest BCUT2D eigenvalue weighted by Gasteiger charge is -2.34. The first-order valence-electron chi connectivity index (χ1n) is 9.29. The minimum absolute atomic E-state index is 0.0272. The molecule has 0 radical (unpaired) electrons. The van der Waals surface area contributed by atoms with E-state index < -0.39 is 25.5 Å². The van der Waals surface area contributed by atoms with Crippen molar-refractivity contribution in [3.05, 3.63) is 29.8 Å². The van der Waals surface area contributed by atoms with Crippen molar-refractivity contribution in [2.45, 2.75) is 50.7 Å². The first kappa shape index (κ1) is 26.4. The summed E-state index contributed by atoms with van der Waals surface area (Å²) in [7, 11) is -3.88. The molecule has 0 bridgehead atoms. The van der Waals surface area contributed by atoms with Crippen LogP contribution in [0.5, 0.6) is 5.75 Å². The molecular weight excluding hydrogens is 430 g/mol. The maximum absolute atomic E-state index is 11.2. The fourth-order valence-corrected chi connectivity index (χ4v) is 3.25. The molecular formula is C18H27F3NO7P. The van der Waals surface area contributed by atoms with E-state index in [1.165, 1.54) is 12.8 Å². The van der Waals surface area contributed by atoms with E-state index in [2.05, 4.69) is 6.92 Å². The zero-order chi connectivity index (χ0) is 22.8. The van der Waals surface area contributed by atoms with E-state index in [-0.39, 0.29) is 13.2 Å². The molecule has 2 rings (SSSR count). The van der Waals surface area contributed by atoms with E-state index in [4.69, 9.17) is 34.3 Å². The van der Waals surface area contributed by atoms with Crippen molar-refractivity contribution < 1.29 is 46.3 Å². The minimum atomic E-state index is -5.08. The molecule has 30 heavy (non-hydrogen) atoms. The van der Waals surface area contributed by atoms with Crippen LogP contribution in [0.4, 0.5) is 13.2 Å². The largest absolute Gasteiger partial charge is 0.494 e. The fraction of sp³-hybridized carbons (Fsp3) is 0.611. The zero-order valence-electron chi connectivity index (χ0n) is 16.6. The molecule has 1 aromatic rings. The number of alkyl halides is 3. The van der Waals surface area contributed by atoms with E-state index in [1.54, 1.807) is 0 Å². The van der Waals surface area contributed by atoms with Gasteiger partial charge in [-0.05, 0) is 37.0 Å². The van der Waals surface area contributed by atoms with Gasteiger partial charge in [-0.3, -0.25) is 9.05 Å². The quantitative estimate of drug-likeness (QED) is 0.399. The number of aliphatic carboxylic acids is 1. The third-order valence-corrected chi connectivity index (χ3v) is 5.04. The Morgan fingerprint density at radius 3 is 2.23 bits per heavy atom. The molecule has 4 N–H and O–H groups in total. The van der Waals surface area contributed by atoms with Crippen LogP contribution in [-0.4, -0.2) is 47.5 Å². The lowest BCUT2D eigenvalue weighted by molar-refractivity contribution is -0.192. The van der Waals surface area contributed by atoms with E-state index in [9.17, 15) is 17.7 Å². The van der Waals surface area contributed by atoms with Crippen molar-refractivity contribution in [2.24, 2.45) is 5.73 Å². The maximum Gasteiger partial charge on any atom is 0.490 e. The standard InChI is InChI=1S/C16H26NO5P.C2HF3O2/c1-2-3-4-11-20-15-7-5-14(6-8-15)9-10-16(17)12-21-23(18,19)22-13-16;3-2(4,5)1(6)7/h5-8H,2-4,9-13,17H2,1H3,(H,18,19);(H,6,7). The third-order valence-electron chi connectivity index (χ3n) is 4.12. The van der Waals surface area contributed by atoms with Gasteiger partial charge in [-0.1, -0.05) is 31.9 Å². The zero-order valence-corrected chi connectivity index (χ0v) is 17.5. The molecule has 1 heterocycles. The second-order valence-corrected chi connectivity index (χ2v) is 8.33. The summed E-state index contributed by atoms with van der Waals surface area (Å²) in [6.45, 7) is 2.97. The molecule has 12 heteroatoms. The Kier molecular flexibility index (Phi) is 10.3. The SMILES string of the molecule is CCCCCOc1ccc(CCC2(N)COP(=O)(O)OC2)cc1.O=C(O)C(F)(F)F. The van der Waals surface area contributed by atoms with Crippen LogP contribution in [0, 0.1) is 0 Å². The number of aryl methyl sites for hydroxylation is 1. The van der Waals surface area contributed by atoms with Gasteiger partial charge in [0.25, 0.3) is 0 Å². The Morgan fingerprint density at radius 2 is 1.77 bits per heavy atom. The van der Waals surface area contributed by atoms with Crippen molar-refractivity contribution in [1.29, 1.82) is 0 Å². The smallest absolute Gasteiger partial charge is 0.490 e. The Hall–Kier alpha value is -1.65. The molecule has 8 nitrogen and oxygen atoms in total. The average molecular weight is 457 g/mol. The molecule has 1 aliphatic heterocycles. The van der Waals surface area contributed by atoms with Crippen LogP contribution in [0.2, 0.25) is 0 Å². The highest BCUT2D eigenvalue weighted by Gasteiger charge is 2.39. The lowest BCUT2D eigenvalue weighted by Crippen LogP contribution is -2.51. The van der Waals surface area contributed by atoms with Crippen molar-refractivity contribution in [1.82, 2.24) is 0 Å². The molecule has 1 fully saturated rings. The summed E-state index contributed by atoms with van der Waals surface area (Å²) in [4.78, 5) is 18.1. The van der Waals surface area contributed by atoms with Gasteiger partial charge in [0.15, 0.2) is 0 Å². The van der Waals surface area contributed by atoms with Gasteiger partial charge >= 0.3 is 20.0 Å². The van der Waals surface area contributed by atoms with Crippen molar-refractivity contribution >= 4 is 13.8 Å². The summed E-state index contributed by atoms with van der Waals surface area (Å²) in [5.74, 6) is -1.88. The Labute approximate surface area is 172 Å². The molecule has 0 unspecified atom stereocenters. The number of rotatable bonds is 8. The summed E-state index contributed by atoms with van der Waals surface area (Å²) < 4.78 is 58.2. The Bertz CT molecular complexity index is 701. The summed E-state index contributed by atoms with van der Waals surface area (Å²) in [5, 5.41) is 7.12. The molecule has 0 aliphatic carbocycles. The highest BCUT2D eigenvalue weighted by atomic mass is 31.2. The highest BCUT2D eigenvalue weighted by molar-refractivity contribution is 7.47. The summed E-state index contributed by atoms with van der Waals surface area (Å²) in [6.07, 6.45) is -0.286. The number of hydrogen-bond donors (Lipinski definition) is 3. The van der Waals surface area contributed by atoms with Crippen LogP contribution in [0.25, 0.3) is 0 Å². The lowest BCUT2D eigenvalue weighted by atomic mass is 9.94. The van der Waals surface area contributed by atoms with E-state index in [1.807, 2.05) is 24.3 Å². The third kappa shape index (κ3) is 10.4. The van der Waals surface area contributed by atoms with Crippen LogP contribution < -0.4 is 10.5 Å². The van der Waals surface area contributed by atoms with Crippen LogP contribution in [-0.2, 0) is 24.8 Å². The van der Waals surface area contributed by atoms with Gasteiger partial charge in [-0.25, -0.2) is 9.36 Å². The predicted octanol–water partition coefficient (Wildman–Crippen LogP) is 3.67.